The van der Waals surface area contributed by atoms with E-state index in [4.69, 9.17) is 0 Å². The van der Waals surface area contributed by atoms with E-state index < -0.39 is 0 Å². The molecular weight excluding hydrogens is 293 g/mol. The Hall–Kier alpha value is -2.53. The van der Waals surface area contributed by atoms with Crippen LogP contribution < -0.4 is 5.32 Å². The van der Waals surface area contributed by atoms with Gasteiger partial charge in [-0.25, -0.2) is 9.37 Å². The van der Waals surface area contributed by atoms with Gasteiger partial charge in [-0.2, -0.15) is 0 Å². The fraction of sp³-hybridized carbons (Fsp3) is 0.222. The number of nitrogens with zero attached hydrogens (tertiary/aromatic N) is 2. The monoisotopic (exact) mass is 311 g/mol. The number of aliphatic hydroxyl groups is 1. The van der Waals surface area contributed by atoms with Gasteiger partial charge in [0.25, 0.3) is 0 Å². The van der Waals surface area contributed by atoms with Crippen molar-refractivity contribution in [2.45, 2.75) is 6.42 Å². The second kappa shape index (κ2) is 7.15. The van der Waals surface area contributed by atoms with Crippen molar-refractivity contribution in [1.29, 1.82) is 0 Å². The molecule has 0 radical (unpaired) electrons. The lowest BCUT2D eigenvalue weighted by Gasteiger charge is -2.15. The van der Waals surface area contributed by atoms with Crippen LogP contribution >= 0.6 is 0 Å². The van der Waals surface area contributed by atoms with Gasteiger partial charge in [-0.15, -0.1) is 0 Å². The first-order valence-electron chi connectivity index (χ1n) is 7.55. The standard InChI is InChI=1S/C18H18FN3O/c19-15-7-5-13(6-8-15)9-14(12-23)10-21-18-11-20-16-3-1-2-4-17(16)22-18/h1-8,11,14,23H,9-10,12H2,(H,21,22). The molecule has 0 fully saturated rings. The zero-order valence-corrected chi connectivity index (χ0v) is 12.6. The molecule has 1 unspecified atom stereocenters. The molecule has 0 spiro atoms. The zero-order valence-electron chi connectivity index (χ0n) is 12.6. The number of hydrogen-bond acceptors (Lipinski definition) is 4. The minimum Gasteiger partial charge on any atom is -0.396 e. The van der Waals surface area contributed by atoms with Crippen molar-refractivity contribution >= 4 is 16.9 Å². The summed E-state index contributed by atoms with van der Waals surface area (Å²) >= 11 is 0. The zero-order chi connectivity index (χ0) is 16.1. The van der Waals surface area contributed by atoms with E-state index in [2.05, 4.69) is 15.3 Å². The first kappa shape index (κ1) is 15.4. The molecule has 2 aromatic carbocycles. The van der Waals surface area contributed by atoms with Crippen LogP contribution in [0.4, 0.5) is 10.2 Å². The highest BCUT2D eigenvalue weighted by Gasteiger charge is 2.09. The smallest absolute Gasteiger partial charge is 0.145 e. The van der Waals surface area contributed by atoms with Crippen LogP contribution in [0.1, 0.15) is 5.56 Å². The van der Waals surface area contributed by atoms with Crippen molar-refractivity contribution in [2.75, 3.05) is 18.5 Å². The van der Waals surface area contributed by atoms with Gasteiger partial charge in [0.15, 0.2) is 0 Å². The number of hydrogen-bond donors (Lipinski definition) is 2. The van der Waals surface area contributed by atoms with E-state index in [0.717, 1.165) is 16.6 Å². The van der Waals surface area contributed by atoms with Crippen molar-refractivity contribution < 1.29 is 9.50 Å². The topological polar surface area (TPSA) is 58.0 Å². The number of anilines is 1. The number of fused-ring (bicyclic) bond motifs is 1. The molecule has 0 saturated heterocycles. The molecule has 0 aliphatic rings. The van der Waals surface area contributed by atoms with Crippen LogP contribution in [-0.4, -0.2) is 28.2 Å². The lowest BCUT2D eigenvalue weighted by Crippen LogP contribution is -2.20. The number of rotatable bonds is 6. The minimum atomic E-state index is -0.251. The summed E-state index contributed by atoms with van der Waals surface area (Å²) in [5, 5.41) is 12.8. The Bertz CT molecular complexity index is 777. The molecule has 118 valence electrons. The summed E-state index contributed by atoms with van der Waals surface area (Å²) in [6.07, 6.45) is 2.36. The highest BCUT2D eigenvalue weighted by atomic mass is 19.1. The minimum absolute atomic E-state index is 0.0220. The van der Waals surface area contributed by atoms with Gasteiger partial charge in [-0.1, -0.05) is 24.3 Å². The maximum Gasteiger partial charge on any atom is 0.145 e. The van der Waals surface area contributed by atoms with Crippen LogP contribution in [0.5, 0.6) is 0 Å². The second-order valence-electron chi connectivity index (χ2n) is 5.50. The Balaban J connectivity index is 1.63. The van der Waals surface area contributed by atoms with Crippen molar-refractivity contribution in [3.63, 3.8) is 0 Å². The molecular formula is C18H18FN3O. The Morgan fingerprint density at radius 1 is 1.04 bits per heavy atom. The van der Waals surface area contributed by atoms with Gasteiger partial charge in [0, 0.05) is 19.1 Å². The molecule has 3 aromatic rings. The van der Waals surface area contributed by atoms with Crippen molar-refractivity contribution in [3.05, 3.63) is 66.1 Å². The Labute approximate surface area is 134 Å². The fourth-order valence-electron chi connectivity index (χ4n) is 2.45. The second-order valence-corrected chi connectivity index (χ2v) is 5.50. The molecule has 0 saturated carbocycles. The number of nitrogens with one attached hydrogen (secondary N) is 1. The first-order chi connectivity index (χ1) is 11.2. The van der Waals surface area contributed by atoms with Gasteiger partial charge in [-0.3, -0.25) is 4.98 Å². The van der Waals surface area contributed by atoms with E-state index in [1.54, 1.807) is 18.3 Å². The summed E-state index contributed by atoms with van der Waals surface area (Å²) in [4.78, 5) is 8.84. The number of halogens is 1. The summed E-state index contributed by atoms with van der Waals surface area (Å²) in [6, 6.07) is 14.0. The summed E-state index contributed by atoms with van der Waals surface area (Å²) in [5.41, 5.74) is 2.68. The van der Waals surface area contributed by atoms with Crippen LogP contribution in [0.25, 0.3) is 11.0 Å². The molecule has 23 heavy (non-hydrogen) atoms. The van der Waals surface area contributed by atoms with Gasteiger partial charge >= 0.3 is 0 Å². The molecule has 0 bridgehead atoms. The summed E-state index contributed by atoms with van der Waals surface area (Å²) in [7, 11) is 0. The lowest BCUT2D eigenvalue weighted by molar-refractivity contribution is 0.232. The number of benzene rings is 2. The molecule has 1 atom stereocenters. The predicted molar refractivity (Wildman–Crippen MR) is 88.7 cm³/mol. The number of aromatic nitrogens is 2. The first-order valence-corrected chi connectivity index (χ1v) is 7.55. The third-order valence-corrected chi connectivity index (χ3v) is 3.72. The third kappa shape index (κ3) is 4.02. The molecule has 3 rings (SSSR count). The summed E-state index contributed by atoms with van der Waals surface area (Å²) in [6.45, 7) is 0.617. The van der Waals surface area contributed by atoms with E-state index in [0.29, 0.717) is 18.8 Å². The molecule has 1 aromatic heterocycles. The normalized spacial score (nSPS) is 12.3. The Morgan fingerprint density at radius 2 is 1.78 bits per heavy atom. The van der Waals surface area contributed by atoms with E-state index in [1.807, 2.05) is 24.3 Å². The maximum atomic E-state index is 12.9. The van der Waals surface area contributed by atoms with Gasteiger partial charge < -0.3 is 10.4 Å². The van der Waals surface area contributed by atoms with Gasteiger partial charge in [-0.05, 0) is 36.2 Å². The Morgan fingerprint density at radius 3 is 2.52 bits per heavy atom. The molecule has 5 heteroatoms. The molecule has 1 heterocycles. The van der Waals surface area contributed by atoms with Crippen LogP contribution in [0, 0.1) is 11.7 Å². The average Bonchev–Trinajstić information content (AvgIpc) is 2.60. The molecule has 4 nitrogen and oxygen atoms in total. The largest absolute Gasteiger partial charge is 0.396 e. The number of para-hydroxylation sites is 2. The molecule has 0 aliphatic heterocycles. The lowest BCUT2D eigenvalue weighted by atomic mass is 10.00. The van der Waals surface area contributed by atoms with Crippen molar-refractivity contribution in [2.24, 2.45) is 5.92 Å². The molecule has 0 aliphatic carbocycles. The third-order valence-electron chi connectivity index (χ3n) is 3.72. The summed E-state index contributed by atoms with van der Waals surface area (Å²) < 4.78 is 12.9. The SMILES string of the molecule is OCC(CNc1cnc2ccccc2n1)Cc1ccc(F)cc1. The summed E-state index contributed by atoms with van der Waals surface area (Å²) in [5.74, 6) is 0.453. The highest BCUT2D eigenvalue weighted by Crippen LogP contribution is 2.14. The van der Waals surface area contributed by atoms with Gasteiger partial charge in [0.05, 0.1) is 17.2 Å². The number of aliphatic hydroxyl groups excluding tert-OH is 1. The van der Waals surface area contributed by atoms with E-state index >= 15 is 0 Å². The van der Waals surface area contributed by atoms with Crippen molar-refractivity contribution in [1.82, 2.24) is 9.97 Å². The molecule has 0 amide bonds. The molecule has 2 N–H and O–H groups in total. The van der Waals surface area contributed by atoms with E-state index in [-0.39, 0.29) is 18.3 Å². The van der Waals surface area contributed by atoms with Crippen LogP contribution in [-0.2, 0) is 6.42 Å². The Kier molecular flexibility index (Phi) is 4.78. The van der Waals surface area contributed by atoms with Crippen molar-refractivity contribution in [3.8, 4) is 0 Å². The van der Waals surface area contributed by atoms with Gasteiger partial charge in [0.2, 0.25) is 0 Å². The van der Waals surface area contributed by atoms with Crippen LogP contribution in [0.2, 0.25) is 0 Å². The fourth-order valence-corrected chi connectivity index (χ4v) is 2.45. The van der Waals surface area contributed by atoms with Crippen LogP contribution in [0.3, 0.4) is 0 Å². The maximum absolute atomic E-state index is 12.9. The average molecular weight is 311 g/mol. The quantitative estimate of drug-likeness (QED) is 0.734. The predicted octanol–water partition coefficient (Wildman–Crippen LogP) is 3.03. The van der Waals surface area contributed by atoms with Crippen LogP contribution in [0.15, 0.2) is 54.7 Å². The highest BCUT2D eigenvalue weighted by molar-refractivity contribution is 5.75. The van der Waals surface area contributed by atoms with E-state index in [9.17, 15) is 9.50 Å². The van der Waals surface area contributed by atoms with E-state index in [1.165, 1.54) is 12.1 Å². The van der Waals surface area contributed by atoms with Gasteiger partial charge in [0.1, 0.15) is 11.6 Å².